The summed E-state index contributed by atoms with van der Waals surface area (Å²) in [4.78, 5) is 12.7. The maximum absolute atomic E-state index is 13.0. The van der Waals surface area contributed by atoms with Crippen molar-refractivity contribution in [3.8, 4) is 0 Å². The van der Waals surface area contributed by atoms with E-state index >= 15 is 0 Å². The van der Waals surface area contributed by atoms with Gasteiger partial charge in [0.2, 0.25) is 0 Å². The van der Waals surface area contributed by atoms with Crippen LogP contribution in [0.15, 0.2) is 29.2 Å². The highest BCUT2D eigenvalue weighted by atomic mass is 32.2. The molecule has 19 heavy (non-hydrogen) atoms. The fourth-order valence-electron chi connectivity index (χ4n) is 2.04. The maximum atomic E-state index is 13.0. The Morgan fingerprint density at radius 2 is 2.16 bits per heavy atom. The Balaban J connectivity index is 2.34. The predicted octanol–water partition coefficient (Wildman–Crippen LogP) is 5.09. The van der Waals surface area contributed by atoms with Gasteiger partial charge in [-0.1, -0.05) is 45.6 Å². The van der Waals surface area contributed by atoms with Crippen molar-refractivity contribution >= 4 is 17.5 Å². The molecular weight excluding hydrogens is 259 g/mol. The van der Waals surface area contributed by atoms with Crippen LogP contribution in [-0.4, -0.2) is 11.5 Å². The Morgan fingerprint density at radius 1 is 1.37 bits per heavy atom. The molecule has 1 rings (SSSR count). The van der Waals surface area contributed by atoms with Crippen LogP contribution in [0.5, 0.6) is 0 Å². The monoisotopic (exact) mass is 282 g/mol. The van der Waals surface area contributed by atoms with Gasteiger partial charge in [-0.05, 0) is 24.1 Å². The van der Waals surface area contributed by atoms with E-state index in [1.807, 2.05) is 6.07 Å². The lowest BCUT2D eigenvalue weighted by Gasteiger charge is -2.13. The molecular formula is C16H23FOS. The van der Waals surface area contributed by atoms with Gasteiger partial charge < -0.3 is 0 Å². The number of halogens is 1. The summed E-state index contributed by atoms with van der Waals surface area (Å²) in [6.07, 6.45) is 5.25. The van der Waals surface area contributed by atoms with Crippen LogP contribution in [0, 0.1) is 11.7 Å². The number of thioether (sulfide) groups is 1. The number of carbonyl (C=O) groups excluding carboxylic acids is 1. The van der Waals surface area contributed by atoms with E-state index < -0.39 is 0 Å². The van der Waals surface area contributed by atoms with Crippen LogP contribution in [0.25, 0.3) is 0 Å². The van der Waals surface area contributed by atoms with Crippen molar-refractivity contribution in [3.63, 3.8) is 0 Å². The molecule has 1 aromatic rings. The summed E-state index contributed by atoms with van der Waals surface area (Å²) in [6, 6.07) is 6.42. The summed E-state index contributed by atoms with van der Waals surface area (Å²) < 4.78 is 13.0. The summed E-state index contributed by atoms with van der Waals surface area (Å²) in [7, 11) is 0. The second-order valence-electron chi connectivity index (χ2n) is 4.91. The molecule has 0 saturated carbocycles. The molecule has 0 aromatic heterocycles. The number of hydrogen-bond acceptors (Lipinski definition) is 2. The molecule has 0 bridgehead atoms. The first kappa shape index (κ1) is 16.2. The molecule has 0 spiro atoms. The molecule has 1 atom stereocenters. The molecule has 1 nitrogen and oxygen atoms in total. The van der Waals surface area contributed by atoms with E-state index in [-0.39, 0.29) is 11.6 Å². The van der Waals surface area contributed by atoms with Gasteiger partial charge in [0.05, 0.1) is 5.75 Å². The standard InChI is InChI=1S/C16H23FOS/c1-3-5-7-13(4-2)10-15(18)12-19-16-9-6-8-14(17)11-16/h6,8-9,11,13H,3-5,7,10,12H2,1-2H3. The lowest BCUT2D eigenvalue weighted by Crippen LogP contribution is -2.10. The van der Waals surface area contributed by atoms with E-state index in [1.165, 1.54) is 36.7 Å². The zero-order chi connectivity index (χ0) is 14.1. The van der Waals surface area contributed by atoms with Gasteiger partial charge in [0.25, 0.3) is 0 Å². The quantitative estimate of drug-likeness (QED) is 0.587. The van der Waals surface area contributed by atoms with Crippen LogP contribution in [0.4, 0.5) is 4.39 Å². The van der Waals surface area contributed by atoms with Crippen LogP contribution in [0.2, 0.25) is 0 Å². The number of unbranched alkanes of at least 4 members (excludes halogenated alkanes) is 1. The molecule has 1 unspecified atom stereocenters. The van der Waals surface area contributed by atoms with E-state index in [4.69, 9.17) is 0 Å². The molecule has 1 aromatic carbocycles. The number of rotatable bonds is 9. The Bertz CT molecular complexity index is 392. The minimum atomic E-state index is -0.244. The van der Waals surface area contributed by atoms with Gasteiger partial charge in [-0.2, -0.15) is 0 Å². The van der Waals surface area contributed by atoms with E-state index in [2.05, 4.69) is 13.8 Å². The van der Waals surface area contributed by atoms with Crippen molar-refractivity contribution < 1.29 is 9.18 Å². The summed E-state index contributed by atoms with van der Waals surface area (Å²) >= 11 is 1.43. The molecule has 0 amide bonds. The van der Waals surface area contributed by atoms with Crippen molar-refractivity contribution in [1.82, 2.24) is 0 Å². The summed E-state index contributed by atoms with van der Waals surface area (Å²) in [5, 5.41) is 0. The average Bonchev–Trinajstić information content (AvgIpc) is 2.41. The summed E-state index contributed by atoms with van der Waals surface area (Å²) in [6.45, 7) is 4.32. The summed E-state index contributed by atoms with van der Waals surface area (Å²) in [5.41, 5.74) is 0. The number of ketones is 1. The van der Waals surface area contributed by atoms with Gasteiger partial charge in [-0.3, -0.25) is 4.79 Å². The molecule has 0 radical (unpaired) electrons. The Kier molecular flexibility index (Phi) is 7.80. The largest absolute Gasteiger partial charge is 0.299 e. The van der Waals surface area contributed by atoms with E-state index in [1.54, 1.807) is 6.07 Å². The summed E-state index contributed by atoms with van der Waals surface area (Å²) in [5.74, 6) is 0.996. The molecule has 0 N–H and O–H groups in total. The van der Waals surface area contributed by atoms with Gasteiger partial charge in [-0.15, -0.1) is 11.8 Å². The number of hydrogen-bond donors (Lipinski definition) is 0. The van der Waals surface area contributed by atoms with Crippen LogP contribution in [0.1, 0.15) is 46.0 Å². The number of Topliss-reactive ketones (excluding diaryl/α,β-unsaturated/α-hetero) is 1. The highest BCUT2D eigenvalue weighted by Crippen LogP contribution is 2.22. The Morgan fingerprint density at radius 3 is 2.79 bits per heavy atom. The molecule has 0 heterocycles. The normalized spacial score (nSPS) is 12.4. The van der Waals surface area contributed by atoms with Crippen LogP contribution in [0.3, 0.4) is 0 Å². The first-order valence-electron chi connectivity index (χ1n) is 7.05. The van der Waals surface area contributed by atoms with Crippen molar-refractivity contribution in [2.45, 2.75) is 50.8 Å². The fourth-order valence-corrected chi connectivity index (χ4v) is 2.86. The first-order chi connectivity index (χ1) is 9.15. The maximum Gasteiger partial charge on any atom is 0.143 e. The van der Waals surface area contributed by atoms with Crippen LogP contribution < -0.4 is 0 Å². The van der Waals surface area contributed by atoms with Crippen LogP contribution in [-0.2, 0) is 4.79 Å². The lowest BCUT2D eigenvalue weighted by molar-refractivity contribution is -0.117. The lowest BCUT2D eigenvalue weighted by atomic mass is 9.94. The second-order valence-corrected chi connectivity index (χ2v) is 5.95. The first-order valence-corrected chi connectivity index (χ1v) is 8.04. The van der Waals surface area contributed by atoms with E-state index in [0.717, 1.165) is 17.7 Å². The third-order valence-corrected chi connectivity index (χ3v) is 4.31. The van der Waals surface area contributed by atoms with Gasteiger partial charge in [0, 0.05) is 11.3 Å². The van der Waals surface area contributed by atoms with Crippen molar-refractivity contribution in [2.24, 2.45) is 5.92 Å². The third-order valence-electron chi connectivity index (χ3n) is 3.26. The Hall–Kier alpha value is -0.830. The van der Waals surface area contributed by atoms with Gasteiger partial charge in [0.15, 0.2) is 0 Å². The van der Waals surface area contributed by atoms with E-state index in [0.29, 0.717) is 18.1 Å². The van der Waals surface area contributed by atoms with Gasteiger partial charge >= 0.3 is 0 Å². The second kappa shape index (κ2) is 9.13. The highest BCUT2D eigenvalue weighted by Gasteiger charge is 2.12. The SMILES string of the molecule is CCCCC(CC)CC(=O)CSc1cccc(F)c1. The predicted molar refractivity (Wildman–Crippen MR) is 80.1 cm³/mol. The van der Waals surface area contributed by atoms with E-state index in [9.17, 15) is 9.18 Å². The molecule has 0 fully saturated rings. The number of carbonyl (C=O) groups is 1. The molecule has 3 heteroatoms. The minimum Gasteiger partial charge on any atom is -0.299 e. The molecule has 0 aliphatic rings. The minimum absolute atomic E-state index is 0.244. The van der Waals surface area contributed by atoms with Crippen molar-refractivity contribution in [3.05, 3.63) is 30.1 Å². The molecule has 0 saturated heterocycles. The zero-order valence-corrected chi connectivity index (χ0v) is 12.6. The fraction of sp³-hybridized carbons (Fsp3) is 0.562. The third kappa shape index (κ3) is 6.76. The average molecular weight is 282 g/mol. The number of benzene rings is 1. The zero-order valence-electron chi connectivity index (χ0n) is 11.8. The van der Waals surface area contributed by atoms with Crippen LogP contribution >= 0.6 is 11.8 Å². The topological polar surface area (TPSA) is 17.1 Å². The smallest absolute Gasteiger partial charge is 0.143 e. The van der Waals surface area contributed by atoms with Gasteiger partial charge in [0.1, 0.15) is 11.6 Å². The Labute approximate surface area is 120 Å². The van der Waals surface area contributed by atoms with Gasteiger partial charge in [-0.25, -0.2) is 4.39 Å². The highest BCUT2D eigenvalue weighted by molar-refractivity contribution is 8.00. The van der Waals surface area contributed by atoms with Crippen molar-refractivity contribution in [1.29, 1.82) is 0 Å². The molecule has 0 aliphatic carbocycles. The molecule has 106 valence electrons. The van der Waals surface area contributed by atoms with Crippen molar-refractivity contribution in [2.75, 3.05) is 5.75 Å². The molecule has 0 aliphatic heterocycles.